The van der Waals surface area contributed by atoms with Crippen LogP contribution in [0.5, 0.6) is 0 Å². The summed E-state index contributed by atoms with van der Waals surface area (Å²) in [6.45, 7) is 0. The van der Waals surface area contributed by atoms with Crippen LogP contribution in [0.1, 0.15) is 11.1 Å². The molecule has 6 nitrogen and oxygen atoms in total. The Morgan fingerprint density at radius 1 is 0.947 bits per heavy atom. The minimum absolute atomic E-state index is 0.0988. The molecule has 2 aromatic rings. The van der Waals surface area contributed by atoms with E-state index in [1.165, 1.54) is 0 Å². The standard InChI is InChI=1S/C13H18N6/c1-19(2)9-5-3-8(4-6-9)7-10-11(14)17-13(16)18-12(10)15/h3-6H,7H2,1-2H3,(H6,14,15,16,17,18). The van der Waals surface area contributed by atoms with Crippen molar-refractivity contribution in [3.05, 3.63) is 35.4 Å². The molecule has 0 aliphatic carbocycles. The van der Waals surface area contributed by atoms with Gasteiger partial charge in [0.1, 0.15) is 11.6 Å². The molecule has 2 rings (SSSR count). The van der Waals surface area contributed by atoms with Crippen LogP contribution in [-0.2, 0) is 6.42 Å². The van der Waals surface area contributed by atoms with E-state index in [1.54, 1.807) is 0 Å². The fraction of sp³-hybridized carbons (Fsp3) is 0.231. The van der Waals surface area contributed by atoms with Gasteiger partial charge in [0, 0.05) is 31.8 Å². The molecule has 0 fully saturated rings. The Hall–Kier alpha value is -2.50. The van der Waals surface area contributed by atoms with Crippen LogP contribution in [0.25, 0.3) is 0 Å². The van der Waals surface area contributed by atoms with E-state index in [9.17, 15) is 0 Å². The highest BCUT2D eigenvalue weighted by Crippen LogP contribution is 2.22. The van der Waals surface area contributed by atoms with Crippen LogP contribution < -0.4 is 22.1 Å². The Bertz CT molecular complexity index is 553. The van der Waals surface area contributed by atoms with Crippen molar-refractivity contribution in [1.29, 1.82) is 0 Å². The second-order valence-corrected chi connectivity index (χ2v) is 4.57. The number of hydrogen-bond donors (Lipinski definition) is 3. The summed E-state index contributed by atoms with van der Waals surface area (Å²) in [5, 5.41) is 0. The predicted molar refractivity (Wildman–Crippen MR) is 78.8 cm³/mol. The second kappa shape index (κ2) is 5.01. The summed E-state index contributed by atoms with van der Waals surface area (Å²) in [6, 6.07) is 8.15. The van der Waals surface area contributed by atoms with E-state index in [4.69, 9.17) is 17.2 Å². The molecule has 1 aromatic carbocycles. The molecule has 6 heteroatoms. The average molecular weight is 258 g/mol. The van der Waals surface area contributed by atoms with Gasteiger partial charge in [-0.05, 0) is 17.7 Å². The van der Waals surface area contributed by atoms with Crippen molar-refractivity contribution in [3.8, 4) is 0 Å². The van der Waals surface area contributed by atoms with Gasteiger partial charge in [-0.1, -0.05) is 12.1 Å². The highest BCUT2D eigenvalue weighted by Gasteiger charge is 2.09. The first kappa shape index (κ1) is 12.9. The number of aromatic nitrogens is 2. The Balaban J connectivity index is 2.26. The molecule has 0 radical (unpaired) electrons. The lowest BCUT2D eigenvalue weighted by molar-refractivity contribution is 1.09. The molecule has 0 unspecified atom stereocenters. The van der Waals surface area contributed by atoms with Gasteiger partial charge in [0.05, 0.1) is 0 Å². The zero-order chi connectivity index (χ0) is 14.0. The number of nitrogen functional groups attached to an aromatic ring is 3. The van der Waals surface area contributed by atoms with Crippen molar-refractivity contribution >= 4 is 23.3 Å². The van der Waals surface area contributed by atoms with Gasteiger partial charge >= 0.3 is 0 Å². The van der Waals surface area contributed by atoms with Crippen LogP contribution in [0, 0.1) is 0 Å². The molecule has 0 amide bonds. The lowest BCUT2D eigenvalue weighted by Gasteiger charge is -2.13. The predicted octanol–water partition coefficient (Wildman–Crippen LogP) is 0.880. The van der Waals surface area contributed by atoms with Crippen LogP contribution in [0.2, 0.25) is 0 Å². The summed E-state index contributed by atoms with van der Waals surface area (Å²) in [7, 11) is 4.00. The molecule has 6 N–H and O–H groups in total. The minimum Gasteiger partial charge on any atom is -0.383 e. The van der Waals surface area contributed by atoms with Crippen LogP contribution in [0.3, 0.4) is 0 Å². The van der Waals surface area contributed by atoms with E-state index in [-0.39, 0.29) is 5.95 Å². The normalized spacial score (nSPS) is 10.4. The third-order valence-electron chi connectivity index (χ3n) is 2.92. The van der Waals surface area contributed by atoms with Gasteiger partial charge in [0.2, 0.25) is 5.95 Å². The smallest absolute Gasteiger partial charge is 0.223 e. The van der Waals surface area contributed by atoms with Gasteiger partial charge in [-0.15, -0.1) is 0 Å². The van der Waals surface area contributed by atoms with Crippen LogP contribution in [0.15, 0.2) is 24.3 Å². The summed E-state index contributed by atoms with van der Waals surface area (Å²) < 4.78 is 0. The number of hydrogen-bond acceptors (Lipinski definition) is 6. The van der Waals surface area contributed by atoms with Crippen molar-refractivity contribution in [1.82, 2.24) is 9.97 Å². The molecular weight excluding hydrogens is 240 g/mol. The van der Waals surface area contributed by atoms with Gasteiger partial charge in [0.25, 0.3) is 0 Å². The van der Waals surface area contributed by atoms with Gasteiger partial charge in [-0.3, -0.25) is 0 Å². The molecule has 0 bridgehead atoms. The van der Waals surface area contributed by atoms with Gasteiger partial charge in [-0.2, -0.15) is 9.97 Å². The molecule has 0 saturated heterocycles. The SMILES string of the molecule is CN(C)c1ccc(Cc2c(N)nc(N)nc2N)cc1. The maximum atomic E-state index is 5.83. The largest absolute Gasteiger partial charge is 0.383 e. The summed E-state index contributed by atoms with van der Waals surface area (Å²) in [5.74, 6) is 0.769. The molecule has 0 saturated carbocycles. The summed E-state index contributed by atoms with van der Waals surface area (Å²) in [4.78, 5) is 9.91. The summed E-state index contributed by atoms with van der Waals surface area (Å²) in [6.07, 6.45) is 0.589. The zero-order valence-electron chi connectivity index (χ0n) is 11.1. The van der Waals surface area contributed by atoms with Crippen molar-refractivity contribution in [2.45, 2.75) is 6.42 Å². The van der Waals surface area contributed by atoms with Gasteiger partial charge in [-0.25, -0.2) is 0 Å². The van der Waals surface area contributed by atoms with E-state index in [0.717, 1.165) is 11.3 Å². The first-order valence-electron chi connectivity index (χ1n) is 5.91. The highest BCUT2D eigenvalue weighted by molar-refractivity contribution is 5.58. The van der Waals surface area contributed by atoms with E-state index in [1.807, 2.05) is 43.3 Å². The van der Waals surface area contributed by atoms with Crippen LogP contribution in [0.4, 0.5) is 23.3 Å². The maximum absolute atomic E-state index is 5.83. The second-order valence-electron chi connectivity index (χ2n) is 4.57. The van der Waals surface area contributed by atoms with Crippen molar-refractivity contribution in [3.63, 3.8) is 0 Å². The van der Waals surface area contributed by atoms with Crippen LogP contribution >= 0.6 is 0 Å². The van der Waals surface area contributed by atoms with Crippen molar-refractivity contribution in [2.24, 2.45) is 0 Å². The quantitative estimate of drug-likeness (QED) is 0.754. The third-order valence-corrected chi connectivity index (χ3v) is 2.92. The average Bonchev–Trinajstić information content (AvgIpc) is 2.34. The van der Waals surface area contributed by atoms with Gasteiger partial charge < -0.3 is 22.1 Å². The number of nitrogens with two attached hydrogens (primary N) is 3. The van der Waals surface area contributed by atoms with Gasteiger partial charge in [0.15, 0.2) is 0 Å². The zero-order valence-corrected chi connectivity index (χ0v) is 11.1. The Kier molecular flexibility index (Phi) is 3.41. The lowest BCUT2D eigenvalue weighted by Crippen LogP contribution is -2.10. The highest BCUT2D eigenvalue weighted by atomic mass is 15.1. The Morgan fingerprint density at radius 2 is 1.47 bits per heavy atom. The summed E-state index contributed by atoms with van der Waals surface area (Å²) >= 11 is 0. The molecule has 0 atom stereocenters. The number of anilines is 4. The lowest BCUT2D eigenvalue weighted by atomic mass is 10.1. The molecule has 0 spiro atoms. The monoisotopic (exact) mass is 258 g/mol. The first-order valence-corrected chi connectivity index (χ1v) is 5.91. The fourth-order valence-electron chi connectivity index (χ4n) is 1.84. The molecule has 19 heavy (non-hydrogen) atoms. The minimum atomic E-state index is 0.0988. The van der Waals surface area contributed by atoms with Crippen molar-refractivity contribution in [2.75, 3.05) is 36.2 Å². The van der Waals surface area contributed by atoms with E-state index in [2.05, 4.69) is 9.97 Å². The number of rotatable bonds is 3. The third kappa shape index (κ3) is 2.85. The van der Waals surface area contributed by atoms with Crippen molar-refractivity contribution < 1.29 is 0 Å². The first-order chi connectivity index (χ1) is 8.97. The maximum Gasteiger partial charge on any atom is 0.223 e. The van der Waals surface area contributed by atoms with Crippen LogP contribution in [-0.4, -0.2) is 24.1 Å². The number of nitrogens with zero attached hydrogens (tertiary/aromatic N) is 3. The van der Waals surface area contributed by atoms with E-state index < -0.39 is 0 Å². The molecule has 0 aliphatic rings. The van der Waals surface area contributed by atoms with E-state index >= 15 is 0 Å². The Morgan fingerprint density at radius 3 is 1.95 bits per heavy atom. The molecule has 1 aromatic heterocycles. The fourth-order valence-corrected chi connectivity index (χ4v) is 1.84. The van der Waals surface area contributed by atoms with E-state index in [0.29, 0.717) is 23.6 Å². The summed E-state index contributed by atoms with van der Waals surface area (Å²) in [5.41, 5.74) is 20.1. The topological polar surface area (TPSA) is 107 Å². The molecule has 100 valence electrons. The number of benzene rings is 1. The molecular formula is C13H18N6. The molecule has 0 aliphatic heterocycles. The Labute approximate surface area is 112 Å². The molecule has 1 heterocycles.